The molecular weight excluding hydrogens is 236 g/mol. The maximum atomic E-state index is 4.13. The first-order valence-corrected chi connectivity index (χ1v) is 7.08. The number of benzene rings is 1. The van der Waals surface area contributed by atoms with E-state index in [2.05, 4.69) is 46.7 Å². The zero-order valence-electron chi connectivity index (χ0n) is 11.3. The molecule has 1 aromatic carbocycles. The van der Waals surface area contributed by atoms with Crippen molar-refractivity contribution in [3.05, 3.63) is 36.7 Å². The van der Waals surface area contributed by atoms with E-state index in [4.69, 9.17) is 0 Å². The van der Waals surface area contributed by atoms with Crippen LogP contribution in [-0.4, -0.2) is 21.0 Å². The standard InChI is InChI=1S/C15H20N4/c1-2-12-3-4-14(11-12)18-13-5-7-15(8-6-13)19-16-9-10-17-19/h5-10,12,14,18H,2-4,11H2,1H3. The summed E-state index contributed by atoms with van der Waals surface area (Å²) < 4.78 is 0. The minimum Gasteiger partial charge on any atom is -0.382 e. The number of hydrogen-bond acceptors (Lipinski definition) is 3. The Morgan fingerprint density at radius 3 is 2.53 bits per heavy atom. The highest BCUT2D eigenvalue weighted by molar-refractivity contribution is 5.48. The molecule has 1 N–H and O–H groups in total. The monoisotopic (exact) mass is 256 g/mol. The summed E-state index contributed by atoms with van der Waals surface area (Å²) in [5, 5.41) is 11.9. The average molecular weight is 256 g/mol. The van der Waals surface area contributed by atoms with Gasteiger partial charge in [0.1, 0.15) is 0 Å². The molecule has 1 aromatic heterocycles. The fourth-order valence-electron chi connectivity index (χ4n) is 2.85. The van der Waals surface area contributed by atoms with Gasteiger partial charge in [0, 0.05) is 11.7 Å². The lowest BCUT2D eigenvalue weighted by Crippen LogP contribution is -2.15. The van der Waals surface area contributed by atoms with Gasteiger partial charge in [-0.25, -0.2) is 0 Å². The van der Waals surface area contributed by atoms with Crippen LogP contribution in [0.4, 0.5) is 5.69 Å². The van der Waals surface area contributed by atoms with E-state index in [-0.39, 0.29) is 0 Å². The molecule has 2 atom stereocenters. The van der Waals surface area contributed by atoms with Crippen molar-refractivity contribution in [2.75, 3.05) is 5.32 Å². The second kappa shape index (κ2) is 5.43. The maximum Gasteiger partial charge on any atom is 0.0858 e. The van der Waals surface area contributed by atoms with Crippen LogP contribution in [0.15, 0.2) is 36.7 Å². The van der Waals surface area contributed by atoms with E-state index in [1.54, 1.807) is 17.2 Å². The van der Waals surface area contributed by atoms with Crippen LogP contribution in [0.1, 0.15) is 32.6 Å². The molecule has 4 nitrogen and oxygen atoms in total. The lowest BCUT2D eigenvalue weighted by molar-refractivity contribution is 0.525. The number of hydrogen-bond donors (Lipinski definition) is 1. The minimum absolute atomic E-state index is 0.638. The highest BCUT2D eigenvalue weighted by atomic mass is 15.5. The summed E-state index contributed by atoms with van der Waals surface area (Å²) in [6.45, 7) is 2.29. The molecule has 0 bridgehead atoms. The fourth-order valence-corrected chi connectivity index (χ4v) is 2.85. The van der Waals surface area contributed by atoms with Gasteiger partial charge in [0.25, 0.3) is 0 Å². The van der Waals surface area contributed by atoms with Crippen molar-refractivity contribution in [2.24, 2.45) is 5.92 Å². The number of nitrogens with zero attached hydrogens (tertiary/aromatic N) is 3. The van der Waals surface area contributed by atoms with E-state index >= 15 is 0 Å². The zero-order chi connectivity index (χ0) is 13.1. The molecule has 100 valence electrons. The summed E-state index contributed by atoms with van der Waals surface area (Å²) in [5.41, 5.74) is 2.19. The van der Waals surface area contributed by atoms with E-state index in [0.717, 1.165) is 11.6 Å². The van der Waals surface area contributed by atoms with E-state index in [9.17, 15) is 0 Å². The van der Waals surface area contributed by atoms with Crippen molar-refractivity contribution in [3.63, 3.8) is 0 Å². The van der Waals surface area contributed by atoms with Crippen LogP contribution in [0.2, 0.25) is 0 Å². The van der Waals surface area contributed by atoms with Crippen molar-refractivity contribution < 1.29 is 0 Å². The highest BCUT2D eigenvalue weighted by Gasteiger charge is 2.22. The normalized spacial score (nSPS) is 22.6. The van der Waals surface area contributed by atoms with Gasteiger partial charge < -0.3 is 5.32 Å². The van der Waals surface area contributed by atoms with Crippen LogP contribution in [0.5, 0.6) is 0 Å². The number of anilines is 1. The smallest absolute Gasteiger partial charge is 0.0858 e. The molecule has 2 unspecified atom stereocenters. The number of rotatable bonds is 4. The SMILES string of the molecule is CCC1CCC(Nc2ccc(-n3nccn3)cc2)C1. The predicted molar refractivity (Wildman–Crippen MR) is 76.4 cm³/mol. The summed E-state index contributed by atoms with van der Waals surface area (Å²) in [6.07, 6.45) is 8.65. The molecule has 1 fully saturated rings. The van der Waals surface area contributed by atoms with Gasteiger partial charge in [-0.05, 0) is 49.4 Å². The predicted octanol–water partition coefficient (Wildman–Crippen LogP) is 3.26. The lowest BCUT2D eigenvalue weighted by atomic mass is 10.1. The Hall–Kier alpha value is -1.84. The van der Waals surface area contributed by atoms with Crippen molar-refractivity contribution >= 4 is 5.69 Å². The molecule has 4 heteroatoms. The summed E-state index contributed by atoms with van der Waals surface area (Å²) in [5.74, 6) is 0.907. The second-order valence-electron chi connectivity index (χ2n) is 5.29. The Kier molecular flexibility index (Phi) is 3.49. The van der Waals surface area contributed by atoms with E-state index in [1.165, 1.54) is 31.4 Å². The molecule has 0 radical (unpaired) electrons. The first-order chi connectivity index (χ1) is 9.35. The Morgan fingerprint density at radius 2 is 1.89 bits per heavy atom. The third-order valence-corrected chi connectivity index (χ3v) is 4.01. The molecular formula is C15H20N4. The molecule has 1 heterocycles. The first kappa shape index (κ1) is 12.2. The molecule has 2 aromatic rings. The molecule has 0 amide bonds. The van der Waals surface area contributed by atoms with Crippen molar-refractivity contribution in [3.8, 4) is 5.69 Å². The third-order valence-electron chi connectivity index (χ3n) is 4.01. The van der Waals surface area contributed by atoms with Gasteiger partial charge in [0.05, 0.1) is 18.1 Å². The van der Waals surface area contributed by atoms with Crippen molar-refractivity contribution in [1.29, 1.82) is 0 Å². The molecule has 1 aliphatic rings. The van der Waals surface area contributed by atoms with Gasteiger partial charge in [-0.3, -0.25) is 0 Å². The molecule has 0 spiro atoms. The summed E-state index contributed by atoms with van der Waals surface area (Å²) in [6, 6.07) is 8.96. The number of aromatic nitrogens is 3. The van der Waals surface area contributed by atoms with Gasteiger partial charge in [0.2, 0.25) is 0 Å². The van der Waals surface area contributed by atoms with Crippen LogP contribution < -0.4 is 5.32 Å². The molecule has 0 saturated heterocycles. The minimum atomic E-state index is 0.638. The van der Waals surface area contributed by atoms with Crippen molar-refractivity contribution in [1.82, 2.24) is 15.0 Å². The Labute approximate surface area is 113 Å². The maximum absolute atomic E-state index is 4.13. The molecule has 1 saturated carbocycles. The van der Waals surface area contributed by atoms with Gasteiger partial charge in [-0.2, -0.15) is 15.0 Å². The van der Waals surface area contributed by atoms with Gasteiger partial charge in [0.15, 0.2) is 0 Å². The van der Waals surface area contributed by atoms with Gasteiger partial charge >= 0.3 is 0 Å². The highest BCUT2D eigenvalue weighted by Crippen LogP contribution is 2.30. The molecule has 19 heavy (non-hydrogen) atoms. The fraction of sp³-hybridized carbons (Fsp3) is 0.467. The topological polar surface area (TPSA) is 42.7 Å². The van der Waals surface area contributed by atoms with Crippen LogP contribution in [-0.2, 0) is 0 Å². The van der Waals surface area contributed by atoms with Gasteiger partial charge in [-0.15, -0.1) is 0 Å². The molecule has 3 rings (SSSR count). The van der Waals surface area contributed by atoms with Crippen LogP contribution >= 0.6 is 0 Å². The first-order valence-electron chi connectivity index (χ1n) is 7.08. The summed E-state index contributed by atoms with van der Waals surface area (Å²) in [7, 11) is 0. The molecule has 1 aliphatic carbocycles. The quantitative estimate of drug-likeness (QED) is 0.913. The summed E-state index contributed by atoms with van der Waals surface area (Å²) >= 11 is 0. The molecule has 0 aliphatic heterocycles. The van der Waals surface area contributed by atoms with E-state index < -0.39 is 0 Å². The number of nitrogens with one attached hydrogen (secondary N) is 1. The second-order valence-corrected chi connectivity index (χ2v) is 5.29. The van der Waals surface area contributed by atoms with Crippen LogP contribution in [0, 0.1) is 5.92 Å². The Morgan fingerprint density at radius 1 is 1.16 bits per heavy atom. The van der Waals surface area contributed by atoms with Crippen LogP contribution in [0.3, 0.4) is 0 Å². The van der Waals surface area contributed by atoms with Crippen LogP contribution in [0.25, 0.3) is 5.69 Å². The van der Waals surface area contributed by atoms with E-state index in [0.29, 0.717) is 6.04 Å². The average Bonchev–Trinajstić information content (AvgIpc) is 3.10. The van der Waals surface area contributed by atoms with Gasteiger partial charge in [-0.1, -0.05) is 13.3 Å². The Bertz CT molecular complexity index is 503. The summed E-state index contributed by atoms with van der Waals surface area (Å²) in [4.78, 5) is 1.63. The Balaban J connectivity index is 1.63. The zero-order valence-corrected chi connectivity index (χ0v) is 11.3. The van der Waals surface area contributed by atoms with Crippen molar-refractivity contribution in [2.45, 2.75) is 38.6 Å². The third kappa shape index (κ3) is 2.78. The van der Waals surface area contributed by atoms with E-state index in [1.807, 2.05) is 0 Å². The largest absolute Gasteiger partial charge is 0.382 e. The lowest BCUT2D eigenvalue weighted by Gasteiger charge is -2.14.